The van der Waals surface area contributed by atoms with Crippen molar-refractivity contribution in [1.29, 1.82) is 0 Å². The first-order valence-corrected chi connectivity index (χ1v) is 7.66. The van der Waals surface area contributed by atoms with E-state index >= 15 is 0 Å². The molecule has 0 aliphatic rings. The van der Waals surface area contributed by atoms with Gasteiger partial charge in [0.15, 0.2) is 0 Å². The van der Waals surface area contributed by atoms with Gasteiger partial charge in [0.05, 0.1) is 10.6 Å². The summed E-state index contributed by atoms with van der Waals surface area (Å²) in [6.07, 6.45) is 2.22. The Kier molecular flexibility index (Phi) is 5.21. The molecule has 0 aromatic carbocycles. The maximum Gasteiger partial charge on any atom is 0.328 e. The van der Waals surface area contributed by atoms with E-state index in [1.54, 1.807) is 11.4 Å². The summed E-state index contributed by atoms with van der Waals surface area (Å²) in [6.45, 7) is -0.0996. The molecule has 0 saturated heterocycles. The largest absolute Gasteiger partial charge is 0.478 e. The van der Waals surface area contributed by atoms with E-state index in [1.807, 2.05) is 0 Å². The number of primary sulfonamides is 1. The van der Waals surface area contributed by atoms with Gasteiger partial charge in [-0.3, -0.25) is 4.79 Å². The fourth-order valence-electron chi connectivity index (χ4n) is 1.18. The first-order valence-electron chi connectivity index (χ1n) is 5.07. The molecule has 9 heteroatoms. The number of hydrogen-bond acceptors (Lipinski definition) is 5. The van der Waals surface area contributed by atoms with E-state index in [0.717, 1.165) is 17.4 Å². The smallest absolute Gasteiger partial charge is 0.328 e. The fraction of sp³-hybridized carbons (Fsp3) is 0.200. The number of rotatable bonds is 6. The van der Waals surface area contributed by atoms with Gasteiger partial charge in [-0.25, -0.2) is 18.4 Å². The Bertz CT molecular complexity index is 603. The molecule has 0 spiro atoms. The lowest BCUT2D eigenvalue weighted by molar-refractivity contribution is -0.131. The molecule has 1 heterocycles. The maximum absolute atomic E-state index is 11.7. The Balaban J connectivity index is 2.68. The molecule has 1 rings (SSSR count). The molecule has 1 aromatic rings. The third-order valence-electron chi connectivity index (χ3n) is 1.98. The second-order valence-corrected chi connectivity index (χ2v) is 6.15. The van der Waals surface area contributed by atoms with Crippen LogP contribution in [-0.4, -0.2) is 37.7 Å². The molecule has 1 aromatic heterocycles. The molecular weight excluding hydrogens is 292 g/mol. The minimum absolute atomic E-state index is 0.0996. The Morgan fingerprint density at radius 1 is 1.47 bits per heavy atom. The van der Waals surface area contributed by atoms with Crippen molar-refractivity contribution in [3.05, 3.63) is 28.0 Å². The number of hydrogen-bond donors (Lipinski definition) is 3. The van der Waals surface area contributed by atoms with Crippen LogP contribution in [0.15, 0.2) is 17.5 Å². The number of carbonyl (C=O) groups excluding carboxylic acids is 1. The predicted molar refractivity (Wildman–Crippen MR) is 71.3 cm³/mol. The van der Waals surface area contributed by atoms with E-state index in [2.05, 4.69) is 5.32 Å². The van der Waals surface area contributed by atoms with Crippen molar-refractivity contribution in [3.63, 3.8) is 0 Å². The number of thiophene rings is 1. The number of carboxylic acid groups (broad SMARTS) is 1. The van der Waals surface area contributed by atoms with Gasteiger partial charge in [-0.15, -0.1) is 11.3 Å². The lowest BCUT2D eigenvalue weighted by Crippen LogP contribution is -2.31. The summed E-state index contributed by atoms with van der Waals surface area (Å²) in [5.74, 6) is -1.94. The second-order valence-electron chi connectivity index (χ2n) is 3.50. The highest BCUT2D eigenvalue weighted by molar-refractivity contribution is 7.89. The van der Waals surface area contributed by atoms with Crippen LogP contribution >= 0.6 is 11.3 Å². The molecule has 4 N–H and O–H groups in total. The van der Waals surface area contributed by atoms with Crippen molar-refractivity contribution in [2.45, 2.75) is 0 Å². The summed E-state index contributed by atoms with van der Waals surface area (Å²) in [6, 6.07) is 1.60. The van der Waals surface area contributed by atoms with Crippen molar-refractivity contribution < 1.29 is 23.1 Å². The van der Waals surface area contributed by atoms with Gasteiger partial charge in [-0.1, -0.05) is 0 Å². The minimum atomic E-state index is -3.62. The van der Waals surface area contributed by atoms with Crippen molar-refractivity contribution >= 4 is 39.3 Å². The number of carbonyl (C=O) groups is 2. The van der Waals surface area contributed by atoms with Crippen LogP contribution in [0.4, 0.5) is 0 Å². The lowest BCUT2D eigenvalue weighted by atomic mass is 10.2. The molecule has 0 saturated carbocycles. The first-order chi connectivity index (χ1) is 8.79. The highest BCUT2D eigenvalue weighted by atomic mass is 32.2. The van der Waals surface area contributed by atoms with E-state index in [9.17, 15) is 18.0 Å². The van der Waals surface area contributed by atoms with Crippen molar-refractivity contribution in [3.8, 4) is 0 Å². The van der Waals surface area contributed by atoms with E-state index in [0.29, 0.717) is 10.4 Å². The number of nitrogens with two attached hydrogens (primary N) is 1. The summed E-state index contributed by atoms with van der Waals surface area (Å²) in [7, 11) is -3.62. The molecule has 0 aliphatic carbocycles. The second kappa shape index (κ2) is 6.45. The summed E-state index contributed by atoms with van der Waals surface area (Å²) in [5.41, 5.74) is 0.459. The van der Waals surface area contributed by atoms with Crippen molar-refractivity contribution in [1.82, 2.24) is 5.32 Å². The summed E-state index contributed by atoms with van der Waals surface area (Å²) in [4.78, 5) is 22.4. The third-order valence-corrected chi connectivity index (χ3v) is 3.68. The number of sulfonamides is 1. The molecule has 104 valence electrons. The van der Waals surface area contributed by atoms with E-state index in [-0.39, 0.29) is 12.3 Å². The van der Waals surface area contributed by atoms with Crippen LogP contribution in [0.25, 0.3) is 6.08 Å². The SMILES string of the molecule is NS(=O)(=O)CCNC(=O)c1sccc1/C=C/C(=O)O. The van der Waals surface area contributed by atoms with E-state index in [4.69, 9.17) is 10.2 Å². The summed E-state index contributed by atoms with van der Waals surface area (Å²) >= 11 is 1.13. The topological polar surface area (TPSA) is 127 Å². The summed E-state index contributed by atoms with van der Waals surface area (Å²) < 4.78 is 21.4. The number of amides is 1. The number of carboxylic acids is 1. The number of nitrogens with one attached hydrogen (secondary N) is 1. The zero-order chi connectivity index (χ0) is 14.5. The van der Waals surface area contributed by atoms with Crippen LogP contribution in [0.1, 0.15) is 15.2 Å². The number of aliphatic carboxylic acids is 1. The van der Waals surface area contributed by atoms with Crippen LogP contribution < -0.4 is 10.5 Å². The van der Waals surface area contributed by atoms with Crippen LogP contribution in [0, 0.1) is 0 Å². The molecule has 7 nitrogen and oxygen atoms in total. The third kappa shape index (κ3) is 5.64. The molecule has 0 aliphatic heterocycles. The van der Waals surface area contributed by atoms with Crippen LogP contribution in [0.3, 0.4) is 0 Å². The first kappa shape index (κ1) is 15.3. The highest BCUT2D eigenvalue weighted by Gasteiger charge is 2.12. The van der Waals surface area contributed by atoms with Crippen molar-refractivity contribution in [2.75, 3.05) is 12.3 Å². The van der Waals surface area contributed by atoms with Crippen LogP contribution in [0.5, 0.6) is 0 Å². The van der Waals surface area contributed by atoms with Gasteiger partial charge >= 0.3 is 5.97 Å². The van der Waals surface area contributed by atoms with Gasteiger partial charge in [-0.05, 0) is 23.1 Å². The van der Waals surface area contributed by atoms with Gasteiger partial charge in [-0.2, -0.15) is 0 Å². The average molecular weight is 304 g/mol. The average Bonchev–Trinajstić information content (AvgIpc) is 2.72. The van der Waals surface area contributed by atoms with Gasteiger partial charge in [0.1, 0.15) is 0 Å². The van der Waals surface area contributed by atoms with E-state index in [1.165, 1.54) is 6.08 Å². The summed E-state index contributed by atoms with van der Waals surface area (Å²) in [5, 5.41) is 17.3. The molecule has 0 radical (unpaired) electrons. The monoisotopic (exact) mass is 304 g/mol. The van der Waals surface area contributed by atoms with Gasteiger partial charge in [0, 0.05) is 12.6 Å². The maximum atomic E-state index is 11.7. The zero-order valence-electron chi connectivity index (χ0n) is 9.70. The normalized spacial score (nSPS) is 11.6. The fourth-order valence-corrected chi connectivity index (χ4v) is 2.37. The highest BCUT2D eigenvalue weighted by Crippen LogP contribution is 2.18. The Morgan fingerprint density at radius 3 is 2.74 bits per heavy atom. The van der Waals surface area contributed by atoms with E-state index < -0.39 is 21.9 Å². The zero-order valence-corrected chi connectivity index (χ0v) is 11.3. The standard InChI is InChI=1S/C10H12N2O5S2/c11-19(16,17)6-4-12-10(15)9-7(3-5-18-9)1-2-8(13)14/h1-3,5H,4,6H2,(H,12,15)(H,13,14)(H2,11,16,17)/b2-1+. The van der Waals surface area contributed by atoms with Gasteiger partial charge in [0.25, 0.3) is 5.91 Å². The van der Waals surface area contributed by atoms with Gasteiger partial charge < -0.3 is 10.4 Å². The van der Waals surface area contributed by atoms with Crippen molar-refractivity contribution in [2.24, 2.45) is 5.14 Å². The molecule has 0 unspecified atom stereocenters. The molecule has 0 fully saturated rings. The van der Waals surface area contributed by atoms with Crippen LogP contribution in [-0.2, 0) is 14.8 Å². The Hall–Kier alpha value is -1.71. The molecule has 19 heavy (non-hydrogen) atoms. The molecule has 0 atom stereocenters. The molecule has 0 bridgehead atoms. The van der Waals surface area contributed by atoms with Gasteiger partial charge in [0.2, 0.25) is 10.0 Å². The Morgan fingerprint density at radius 2 is 2.16 bits per heavy atom. The quantitative estimate of drug-likeness (QED) is 0.631. The predicted octanol–water partition coefficient (Wildman–Crippen LogP) is -0.136. The molecule has 1 amide bonds. The molecular formula is C10H12N2O5S2. The lowest BCUT2D eigenvalue weighted by Gasteiger charge is -2.03. The van der Waals surface area contributed by atoms with Crippen LogP contribution in [0.2, 0.25) is 0 Å². The minimum Gasteiger partial charge on any atom is -0.478 e. The Labute approximate surface area is 113 Å².